The van der Waals surface area contributed by atoms with Gasteiger partial charge in [-0.1, -0.05) is 41.1 Å². The maximum absolute atomic E-state index is 10.9. The molecule has 1 aromatic carbocycles. The fraction of sp³-hybridized carbons (Fsp3) is 0.312. The van der Waals surface area contributed by atoms with Crippen molar-refractivity contribution in [3.63, 3.8) is 0 Å². The summed E-state index contributed by atoms with van der Waals surface area (Å²) in [6.45, 7) is 3.65. The quantitative estimate of drug-likeness (QED) is 0.784. The lowest BCUT2D eigenvalue weighted by Gasteiger charge is -2.18. The number of hydrogen-bond donors (Lipinski definition) is 1. The lowest BCUT2D eigenvalue weighted by atomic mass is 10.2. The fourth-order valence-corrected chi connectivity index (χ4v) is 3.93. The number of hydrogen-bond acceptors (Lipinski definition) is 3. The maximum Gasteiger partial charge on any atom is 0.317 e. The van der Waals surface area contributed by atoms with Gasteiger partial charge in [-0.05, 0) is 31.2 Å². The highest BCUT2D eigenvalue weighted by atomic mass is 79.9. The zero-order chi connectivity index (χ0) is 15.2. The number of carboxylic acid groups (broad SMARTS) is 1. The van der Waals surface area contributed by atoms with Crippen LogP contribution in [0, 0.1) is 0 Å². The Morgan fingerprint density at radius 1 is 1.29 bits per heavy atom. The second-order valence-corrected chi connectivity index (χ2v) is 6.87. The summed E-state index contributed by atoms with van der Waals surface area (Å²) in [6.07, 6.45) is 0.954. The zero-order valence-corrected chi connectivity index (χ0v) is 14.3. The van der Waals surface area contributed by atoms with Crippen molar-refractivity contribution in [1.29, 1.82) is 0 Å². The van der Waals surface area contributed by atoms with Crippen LogP contribution in [0.1, 0.15) is 18.2 Å². The Kier molecular flexibility index (Phi) is 5.96. The first-order chi connectivity index (χ1) is 10.1. The van der Waals surface area contributed by atoms with Crippen molar-refractivity contribution in [1.82, 2.24) is 4.90 Å². The van der Waals surface area contributed by atoms with E-state index in [1.807, 2.05) is 23.1 Å². The SMILES string of the molecule is CCCN(CC(=O)O)Cc1ccc(-c2ccccc2Br)s1. The van der Waals surface area contributed by atoms with Gasteiger partial charge in [0.1, 0.15) is 0 Å². The van der Waals surface area contributed by atoms with E-state index in [1.165, 1.54) is 15.3 Å². The molecule has 0 atom stereocenters. The lowest BCUT2D eigenvalue weighted by Crippen LogP contribution is -2.29. The number of carbonyl (C=O) groups is 1. The molecular weight excluding hydrogens is 350 g/mol. The molecular formula is C16H18BrNO2S. The van der Waals surface area contributed by atoms with Crippen LogP contribution >= 0.6 is 27.3 Å². The van der Waals surface area contributed by atoms with Gasteiger partial charge in [0.15, 0.2) is 0 Å². The molecule has 0 fully saturated rings. The normalized spacial score (nSPS) is 11.0. The zero-order valence-electron chi connectivity index (χ0n) is 11.9. The van der Waals surface area contributed by atoms with Crippen LogP contribution in [0.5, 0.6) is 0 Å². The van der Waals surface area contributed by atoms with E-state index in [9.17, 15) is 4.79 Å². The van der Waals surface area contributed by atoms with Gasteiger partial charge in [-0.25, -0.2) is 0 Å². The minimum atomic E-state index is -0.772. The van der Waals surface area contributed by atoms with Gasteiger partial charge >= 0.3 is 5.97 Å². The third-order valence-electron chi connectivity index (χ3n) is 3.08. The summed E-state index contributed by atoms with van der Waals surface area (Å²) in [5.74, 6) is -0.772. The van der Waals surface area contributed by atoms with E-state index < -0.39 is 5.97 Å². The first-order valence-corrected chi connectivity index (χ1v) is 8.49. The van der Waals surface area contributed by atoms with Crippen LogP contribution in [0.4, 0.5) is 0 Å². The molecule has 2 aromatic rings. The summed E-state index contributed by atoms with van der Waals surface area (Å²) in [6, 6.07) is 12.3. The maximum atomic E-state index is 10.9. The molecule has 5 heteroatoms. The Balaban J connectivity index is 2.12. The number of benzene rings is 1. The molecule has 0 aliphatic rings. The monoisotopic (exact) mass is 367 g/mol. The molecule has 0 spiro atoms. The Labute approximate surface area is 137 Å². The summed E-state index contributed by atoms with van der Waals surface area (Å²) in [4.78, 5) is 15.3. The Morgan fingerprint density at radius 2 is 2.05 bits per heavy atom. The topological polar surface area (TPSA) is 40.5 Å². The average Bonchev–Trinajstić information content (AvgIpc) is 2.87. The number of rotatable bonds is 7. The average molecular weight is 368 g/mol. The highest BCUT2D eigenvalue weighted by molar-refractivity contribution is 9.10. The molecule has 0 aliphatic heterocycles. The van der Waals surface area contributed by atoms with E-state index in [0.29, 0.717) is 6.54 Å². The van der Waals surface area contributed by atoms with Crippen molar-refractivity contribution in [2.24, 2.45) is 0 Å². The van der Waals surface area contributed by atoms with Crippen molar-refractivity contribution in [2.75, 3.05) is 13.1 Å². The Hall–Kier alpha value is -1.17. The molecule has 0 radical (unpaired) electrons. The molecule has 0 saturated heterocycles. The number of thiophene rings is 1. The van der Waals surface area contributed by atoms with Crippen LogP contribution in [-0.2, 0) is 11.3 Å². The molecule has 1 N–H and O–H groups in total. The molecule has 0 saturated carbocycles. The molecule has 0 bridgehead atoms. The summed E-state index contributed by atoms with van der Waals surface area (Å²) >= 11 is 5.29. The van der Waals surface area contributed by atoms with Crippen LogP contribution < -0.4 is 0 Å². The van der Waals surface area contributed by atoms with Gasteiger partial charge in [-0.3, -0.25) is 9.69 Å². The molecule has 0 aliphatic carbocycles. The molecule has 112 valence electrons. The van der Waals surface area contributed by atoms with Gasteiger partial charge < -0.3 is 5.11 Å². The van der Waals surface area contributed by atoms with Crippen molar-refractivity contribution < 1.29 is 9.90 Å². The summed E-state index contributed by atoms with van der Waals surface area (Å²) in [5, 5.41) is 8.96. The highest BCUT2D eigenvalue weighted by Gasteiger charge is 2.12. The van der Waals surface area contributed by atoms with Crippen molar-refractivity contribution in [3.05, 3.63) is 45.7 Å². The third-order valence-corrected chi connectivity index (χ3v) is 4.87. The third kappa shape index (κ3) is 4.66. The van der Waals surface area contributed by atoms with Gasteiger partial charge in [0.05, 0.1) is 6.54 Å². The first kappa shape index (κ1) is 16.2. The number of carboxylic acids is 1. The minimum Gasteiger partial charge on any atom is -0.480 e. The lowest BCUT2D eigenvalue weighted by molar-refractivity contribution is -0.138. The Morgan fingerprint density at radius 3 is 2.71 bits per heavy atom. The predicted octanol–water partition coefficient (Wildman–Crippen LogP) is 4.47. The minimum absolute atomic E-state index is 0.0934. The highest BCUT2D eigenvalue weighted by Crippen LogP contribution is 2.33. The molecule has 1 aromatic heterocycles. The van der Waals surface area contributed by atoms with Crippen LogP contribution in [0.15, 0.2) is 40.9 Å². The smallest absolute Gasteiger partial charge is 0.317 e. The summed E-state index contributed by atoms with van der Waals surface area (Å²) in [7, 11) is 0. The molecule has 1 heterocycles. The first-order valence-electron chi connectivity index (χ1n) is 6.88. The van der Waals surface area contributed by atoms with Crippen LogP contribution in [0.2, 0.25) is 0 Å². The molecule has 0 unspecified atom stereocenters. The summed E-state index contributed by atoms with van der Waals surface area (Å²) in [5.41, 5.74) is 1.18. The predicted molar refractivity (Wildman–Crippen MR) is 90.7 cm³/mol. The van der Waals surface area contributed by atoms with Crippen LogP contribution in [-0.4, -0.2) is 29.1 Å². The van der Waals surface area contributed by atoms with Crippen molar-refractivity contribution in [2.45, 2.75) is 19.9 Å². The van der Waals surface area contributed by atoms with Crippen LogP contribution in [0.25, 0.3) is 10.4 Å². The second kappa shape index (κ2) is 7.73. The molecule has 3 nitrogen and oxygen atoms in total. The Bertz CT molecular complexity index is 612. The van der Waals surface area contributed by atoms with Gasteiger partial charge in [0, 0.05) is 26.3 Å². The van der Waals surface area contributed by atoms with E-state index in [4.69, 9.17) is 5.11 Å². The number of aliphatic carboxylic acids is 1. The van der Waals surface area contributed by atoms with E-state index in [0.717, 1.165) is 17.4 Å². The van der Waals surface area contributed by atoms with Crippen LogP contribution in [0.3, 0.4) is 0 Å². The summed E-state index contributed by atoms with van der Waals surface area (Å²) < 4.78 is 1.08. The fourth-order valence-electron chi connectivity index (χ4n) is 2.21. The molecule has 21 heavy (non-hydrogen) atoms. The number of nitrogens with zero attached hydrogens (tertiary/aromatic N) is 1. The van der Waals surface area contributed by atoms with E-state index >= 15 is 0 Å². The van der Waals surface area contributed by atoms with Gasteiger partial charge in [0.25, 0.3) is 0 Å². The standard InChI is InChI=1S/C16H18BrNO2S/c1-2-9-18(11-16(19)20)10-12-7-8-15(21-12)13-5-3-4-6-14(13)17/h3-8H,2,9-11H2,1H3,(H,19,20). The largest absolute Gasteiger partial charge is 0.480 e. The van der Waals surface area contributed by atoms with Crippen molar-refractivity contribution >= 4 is 33.2 Å². The van der Waals surface area contributed by atoms with Crippen molar-refractivity contribution in [3.8, 4) is 10.4 Å². The van der Waals surface area contributed by atoms with Gasteiger partial charge in [-0.15, -0.1) is 11.3 Å². The van der Waals surface area contributed by atoms with Gasteiger partial charge in [0.2, 0.25) is 0 Å². The van der Waals surface area contributed by atoms with E-state index in [1.54, 1.807) is 11.3 Å². The number of halogens is 1. The van der Waals surface area contributed by atoms with Gasteiger partial charge in [-0.2, -0.15) is 0 Å². The molecule has 0 amide bonds. The second-order valence-electron chi connectivity index (χ2n) is 4.85. The van der Waals surface area contributed by atoms with E-state index in [2.05, 4.69) is 41.1 Å². The molecule has 2 rings (SSSR count). The van der Waals surface area contributed by atoms with E-state index in [-0.39, 0.29) is 6.54 Å².